The van der Waals surface area contributed by atoms with E-state index in [0.717, 1.165) is 16.8 Å². The fourth-order valence-corrected chi connectivity index (χ4v) is 2.45. The van der Waals surface area contributed by atoms with Crippen LogP contribution in [0.15, 0.2) is 66.9 Å². The maximum Gasteiger partial charge on any atom is 0.0728 e. The lowest BCUT2D eigenvalue weighted by Crippen LogP contribution is -2.04. The Labute approximate surface area is 124 Å². The highest BCUT2D eigenvalue weighted by atomic mass is 15.3. The van der Waals surface area contributed by atoms with Crippen molar-refractivity contribution in [2.75, 3.05) is 0 Å². The van der Waals surface area contributed by atoms with Crippen molar-refractivity contribution in [1.82, 2.24) is 9.78 Å². The van der Waals surface area contributed by atoms with Crippen LogP contribution in [0, 0.1) is 11.3 Å². The number of aromatic nitrogens is 2. The average Bonchev–Trinajstić information content (AvgIpc) is 2.92. The van der Waals surface area contributed by atoms with Crippen molar-refractivity contribution in [2.45, 2.75) is 13.0 Å². The number of rotatable bonds is 4. The molecule has 3 rings (SSSR count). The molecule has 0 saturated carbocycles. The highest BCUT2D eigenvalue weighted by molar-refractivity contribution is 5.63. The third-order valence-corrected chi connectivity index (χ3v) is 3.41. The molecule has 3 nitrogen and oxygen atoms in total. The molecular formula is C18H15N3. The van der Waals surface area contributed by atoms with Gasteiger partial charge in [-0.1, -0.05) is 60.7 Å². The van der Waals surface area contributed by atoms with E-state index in [4.69, 9.17) is 5.26 Å². The van der Waals surface area contributed by atoms with Crippen LogP contribution in [0.5, 0.6) is 0 Å². The summed E-state index contributed by atoms with van der Waals surface area (Å²) in [5, 5.41) is 13.5. The van der Waals surface area contributed by atoms with Crippen molar-refractivity contribution < 1.29 is 0 Å². The van der Waals surface area contributed by atoms with Gasteiger partial charge in [0, 0.05) is 11.1 Å². The zero-order chi connectivity index (χ0) is 14.5. The molecule has 0 saturated heterocycles. The molecule has 0 aliphatic heterocycles. The first-order valence-corrected chi connectivity index (χ1v) is 6.89. The molecule has 0 bridgehead atoms. The van der Waals surface area contributed by atoms with Gasteiger partial charge in [-0.3, -0.25) is 4.68 Å². The first-order chi connectivity index (χ1) is 10.4. The van der Waals surface area contributed by atoms with E-state index >= 15 is 0 Å². The van der Waals surface area contributed by atoms with Crippen LogP contribution >= 0.6 is 0 Å². The van der Waals surface area contributed by atoms with Gasteiger partial charge in [-0.25, -0.2) is 0 Å². The largest absolute Gasteiger partial charge is 0.260 e. The minimum Gasteiger partial charge on any atom is -0.260 e. The van der Waals surface area contributed by atoms with Crippen molar-refractivity contribution in [3.63, 3.8) is 0 Å². The summed E-state index contributed by atoms with van der Waals surface area (Å²) >= 11 is 0. The zero-order valence-corrected chi connectivity index (χ0v) is 11.6. The first-order valence-electron chi connectivity index (χ1n) is 6.89. The molecule has 0 atom stereocenters. The van der Waals surface area contributed by atoms with Crippen LogP contribution in [0.25, 0.3) is 11.3 Å². The number of nitriles is 1. The molecule has 0 aliphatic carbocycles. The highest BCUT2D eigenvalue weighted by Crippen LogP contribution is 2.24. The molecule has 3 aromatic rings. The molecule has 0 N–H and O–H groups in total. The van der Waals surface area contributed by atoms with Gasteiger partial charge >= 0.3 is 0 Å². The Bertz CT molecular complexity index is 752. The van der Waals surface area contributed by atoms with Crippen LogP contribution in [0.3, 0.4) is 0 Å². The Balaban J connectivity index is 2.03. The van der Waals surface area contributed by atoms with E-state index in [1.165, 1.54) is 5.56 Å². The van der Waals surface area contributed by atoms with Crippen molar-refractivity contribution in [3.05, 3.63) is 78.0 Å². The molecule has 2 aromatic carbocycles. The molecule has 102 valence electrons. The fourth-order valence-electron chi connectivity index (χ4n) is 2.45. The van der Waals surface area contributed by atoms with Crippen LogP contribution in [-0.4, -0.2) is 9.78 Å². The van der Waals surface area contributed by atoms with Gasteiger partial charge < -0.3 is 0 Å². The monoisotopic (exact) mass is 273 g/mol. The molecular weight excluding hydrogens is 258 g/mol. The van der Waals surface area contributed by atoms with E-state index in [2.05, 4.69) is 35.4 Å². The number of hydrogen-bond acceptors (Lipinski definition) is 2. The number of nitrogens with zero attached hydrogens (tertiary/aromatic N) is 3. The smallest absolute Gasteiger partial charge is 0.0728 e. The second-order valence-corrected chi connectivity index (χ2v) is 4.86. The standard InChI is InChI=1S/C18H15N3/c19-12-11-17-13-20-21(14-15-7-3-1-4-8-15)18(17)16-9-5-2-6-10-16/h1-10,13H,11,14H2. The number of hydrogen-bond donors (Lipinski definition) is 0. The summed E-state index contributed by atoms with van der Waals surface area (Å²) in [4.78, 5) is 0. The maximum absolute atomic E-state index is 9.00. The van der Waals surface area contributed by atoms with Crippen LogP contribution < -0.4 is 0 Å². The zero-order valence-electron chi connectivity index (χ0n) is 11.6. The second kappa shape index (κ2) is 6.06. The van der Waals surface area contributed by atoms with Crippen LogP contribution in [0.4, 0.5) is 0 Å². The molecule has 1 aromatic heterocycles. The third-order valence-electron chi connectivity index (χ3n) is 3.41. The summed E-state index contributed by atoms with van der Waals surface area (Å²) in [7, 11) is 0. The first kappa shape index (κ1) is 13.1. The quantitative estimate of drug-likeness (QED) is 0.728. The molecule has 0 aliphatic rings. The van der Waals surface area contributed by atoms with Crippen molar-refractivity contribution in [3.8, 4) is 17.3 Å². The molecule has 1 heterocycles. The predicted molar refractivity (Wildman–Crippen MR) is 82.5 cm³/mol. The Morgan fingerprint density at radius 3 is 2.29 bits per heavy atom. The van der Waals surface area contributed by atoms with Crippen LogP contribution in [0.1, 0.15) is 11.1 Å². The summed E-state index contributed by atoms with van der Waals surface area (Å²) in [6, 6.07) is 22.6. The van der Waals surface area contributed by atoms with Gasteiger partial charge in [0.25, 0.3) is 0 Å². The fraction of sp³-hybridized carbons (Fsp3) is 0.111. The predicted octanol–water partition coefficient (Wildman–Crippen LogP) is 3.66. The lowest BCUT2D eigenvalue weighted by Gasteiger charge is -2.09. The van der Waals surface area contributed by atoms with Gasteiger partial charge in [0.15, 0.2) is 0 Å². The lowest BCUT2D eigenvalue weighted by molar-refractivity contribution is 0.694. The van der Waals surface area contributed by atoms with Gasteiger partial charge in [-0.05, 0) is 5.56 Å². The van der Waals surface area contributed by atoms with Gasteiger partial charge in [0.2, 0.25) is 0 Å². The summed E-state index contributed by atoms with van der Waals surface area (Å²) in [6.07, 6.45) is 2.17. The SMILES string of the molecule is N#CCc1cnn(Cc2ccccc2)c1-c1ccccc1. The average molecular weight is 273 g/mol. The summed E-state index contributed by atoms with van der Waals surface area (Å²) in [5.74, 6) is 0. The van der Waals surface area contributed by atoms with E-state index in [-0.39, 0.29) is 0 Å². The van der Waals surface area contributed by atoms with Crippen molar-refractivity contribution in [1.29, 1.82) is 5.26 Å². The topological polar surface area (TPSA) is 41.6 Å². The van der Waals surface area contributed by atoms with Crippen LogP contribution in [0.2, 0.25) is 0 Å². The van der Waals surface area contributed by atoms with Crippen LogP contribution in [-0.2, 0) is 13.0 Å². The van der Waals surface area contributed by atoms with Crippen molar-refractivity contribution >= 4 is 0 Å². The Kier molecular flexibility index (Phi) is 3.79. The van der Waals surface area contributed by atoms with Crippen molar-refractivity contribution in [2.24, 2.45) is 0 Å². The lowest BCUT2D eigenvalue weighted by atomic mass is 10.1. The minimum atomic E-state index is 0.374. The Morgan fingerprint density at radius 2 is 1.62 bits per heavy atom. The minimum absolute atomic E-state index is 0.374. The molecule has 0 spiro atoms. The van der Waals surface area contributed by atoms with Gasteiger partial charge in [0.05, 0.1) is 30.9 Å². The van der Waals surface area contributed by atoms with E-state index in [9.17, 15) is 0 Å². The molecule has 0 unspecified atom stereocenters. The Hall–Kier alpha value is -2.86. The van der Waals surface area contributed by atoms with E-state index in [0.29, 0.717) is 13.0 Å². The van der Waals surface area contributed by atoms with Gasteiger partial charge in [-0.2, -0.15) is 10.4 Å². The molecule has 0 radical (unpaired) electrons. The van der Waals surface area contributed by atoms with E-state index in [1.807, 2.05) is 41.1 Å². The molecule has 0 amide bonds. The van der Waals surface area contributed by atoms with E-state index < -0.39 is 0 Å². The third kappa shape index (κ3) is 2.85. The van der Waals surface area contributed by atoms with Gasteiger partial charge in [-0.15, -0.1) is 0 Å². The number of benzene rings is 2. The normalized spacial score (nSPS) is 10.2. The molecule has 21 heavy (non-hydrogen) atoms. The summed E-state index contributed by atoms with van der Waals surface area (Å²) < 4.78 is 1.97. The summed E-state index contributed by atoms with van der Waals surface area (Å²) in [6.45, 7) is 0.705. The second-order valence-electron chi connectivity index (χ2n) is 4.86. The maximum atomic E-state index is 9.00. The summed E-state index contributed by atoms with van der Waals surface area (Å²) in [5.41, 5.74) is 4.29. The van der Waals surface area contributed by atoms with Gasteiger partial charge in [0.1, 0.15) is 0 Å². The Morgan fingerprint density at radius 1 is 0.952 bits per heavy atom. The molecule has 3 heteroatoms. The molecule has 0 fully saturated rings. The highest BCUT2D eigenvalue weighted by Gasteiger charge is 2.12. The van der Waals surface area contributed by atoms with E-state index in [1.54, 1.807) is 6.20 Å².